The zero-order chi connectivity index (χ0) is 29.3. The smallest absolute Gasteiger partial charge is 0.434 e. The highest BCUT2D eigenvalue weighted by Gasteiger charge is 2.21. The molecule has 3 aromatic carbocycles. The first kappa shape index (κ1) is 32.2. The molecule has 41 heavy (non-hydrogen) atoms. The van der Waals surface area contributed by atoms with E-state index in [4.69, 9.17) is 18.9 Å². The third-order valence-electron chi connectivity index (χ3n) is 7.39. The molecule has 3 aromatic rings. The minimum Gasteiger partial charge on any atom is -0.434 e. The van der Waals surface area contributed by atoms with Gasteiger partial charge in [0.1, 0.15) is 11.5 Å². The first-order valence-corrected chi connectivity index (χ1v) is 15.7. The van der Waals surface area contributed by atoms with Crippen molar-refractivity contribution < 1.29 is 28.5 Å². The van der Waals surface area contributed by atoms with E-state index in [1.54, 1.807) is 0 Å². The van der Waals surface area contributed by atoms with E-state index in [-0.39, 0.29) is 0 Å². The largest absolute Gasteiger partial charge is 0.513 e. The molecule has 0 unspecified atom stereocenters. The third-order valence-corrected chi connectivity index (χ3v) is 7.39. The number of rotatable bonds is 18. The third kappa shape index (κ3) is 10.6. The van der Waals surface area contributed by atoms with Gasteiger partial charge in [0, 0.05) is 21.5 Å². The Bertz CT molecular complexity index is 1230. The van der Waals surface area contributed by atoms with E-state index < -0.39 is 12.3 Å². The van der Waals surface area contributed by atoms with Gasteiger partial charge in [-0.15, -0.1) is 0 Å². The summed E-state index contributed by atoms with van der Waals surface area (Å²) in [6, 6.07) is 13.2. The van der Waals surface area contributed by atoms with Crippen molar-refractivity contribution in [3.8, 4) is 11.5 Å². The average Bonchev–Trinajstić information content (AvgIpc) is 2.97. The number of unbranched alkanes of at least 4 members (excludes halogenated alkanes) is 12. The summed E-state index contributed by atoms with van der Waals surface area (Å²) in [7, 11) is 0. The Morgan fingerprint density at radius 1 is 0.537 bits per heavy atom. The second-order valence-electron chi connectivity index (χ2n) is 10.9. The Morgan fingerprint density at radius 2 is 0.951 bits per heavy atom. The molecule has 0 spiro atoms. The van der Waals surface area contributed by atoms with Gasteiger partial charge in [0.25, 0.3) is 0 Å². The number of aryl methyl sites for hydroxylation is 1. The van der Waals surface area contributed by atoms with E-state index in [1.165, 1.54) is 51.4 Å². The number of ether oxygens (including phenoxy) is 4. The van der Waals surface area contributed by atoms with Crippen LogP contribution in [0.5, 0.6) is 11.5 Å². The Morgan fingerprint density at radius 3 is 1.44 bits per heavy atom. The van der Waals surface area contributed by atoms with Crippen LogP contribution in [0.1, 0.15) is 109 Å². The maximum Gasteiger partial charge on any atom is 0.513 e. The summed E-state index contributed by atoms with van der Waals surface area (Å²) in [6.45, 7) is 7.04. The van der Waals surface area contributed by atoms with Gasteiger partial charge < -0.3 is 18.9 Å². The lowest BCUT2D eigenvalue weighted by atomic mass is 9.99. The van der Waals surface area contributed by atoms with E-state index in [9.17, 15) is 9.59 Å². The molecule has 0 saturated carbocycles. The van der Waals surface area contributed by atoms with Crippen molar-refractivity contribution in [2.24, 2.45) is 0 Å². The van der Waals surface area contributed by atoms with Gasteiger partial charge in [-0.05, 0) is 25.8 Å². The fourth-order valence-corrected chi connectivity index (χ4v) is 5.09. The van der Waals surface area contributed by atoms with E-state index in [2.05, 4.69) is 13.8 Å². The summed E-state index contributed by atoms with van der Waals surface area (Å²) in [4.78, 5) is 25.4. The summed E-state index contributed by atoms with van der Waals surface area (Å²) in [5.41, 5.74) is 0.988. The standard InChI is InChI=1S/C35H48O6/c1-4-6-8-10-12-14-18-24-38-34(36)40-32-28-20-16-17-21-29(28)33(31-26-27(3)22-23-30(31)32)41-35(37)39-25-19-15-13-11-9-7-5-2/h16-17,20-23,26H,4-15,18-19,24-25H2,1-3H3. The van der Waals surface area contributed by atoms with Gasteiger partial charge in [-0.25, -0.2) is 9.59 Å². The van der Waals surface area contributed by atoms with Crippen LogP contribution in [0.25, 0.3) is 21.5 Å². The van der Waals surface area contributed by atoms with Crippen molar-refractivity contribution in [3.63, 3.8) is 0 Å². The number of hydrogen-bond acceptors (Lipinski definition) is 6. The second-order valence-corrected chi connectivity index (χ2v) is 10.9. The molecule has 6 heteroatoms. The fraction of sp³-hybridized carbons (Fsp3) is 0.543. The quantitative estimate of drug-likeness (QED) is 0.0662. The summed E-state index contributed by atoms with van der Waals surface area (Å²) < 4.78 is 22.4. The predicted molar refractivity (Wildman–Crippen MR) is 166 cm³/mol. The molecule has 0 aromatic heterocycles. The monoisotopic (exact) mass is 564 g/mol. The topological polar surface area (TPSA) is 71.1 Å². The maximum atomic E-state index is 12.7. The summed E-state index contributed by atoms with van der Waals surface area (Å²) in [5, 5.41) is 2.66. The van der Waals surface area contributed by atoms with Gasteiger partial charge >= 0.3 is 12.3 Å². The van der Waals surface area contributed by atoms with E-state index in [1.807, 2.05) is 49.4 Å². The van der Waals surface area contributed by atoms with Crippen LogP contribution >= 0.6 is 0 Å². The first-order chi connectivity index (χ1) is 20.0. The summed E-state index contributed by atoms with van der Waals surface area (Å²) in [5.74, 6) is 0.789. The van der Waals surface area contributed by atoms with Crippen molar-refractivity contribution >= 4 is 33.9 Å². The molecule has 0 saturated heterocycles. The second kappa shape index (κ2) is 18.2. The zero-order valence-corrected chi connectivity index (χ0v) is 25.3. The molecule has 0 aliphatic carbocycles. The van der Waals surface area contributed by atoms with Gasteiger partial charge in [0.15, 0.2) is 0 Å². The summed E-state index contributed by atoms with van der Waals surface area (Å²) >= 11 is 0. The van der Waals surface area contributed by atoms with Gasteiger partial charge in [0.05, 0.1) is 13.2 Å². The highest BCUT2D eigenvalue weighted by molar-refractivity contribution is 6.12. The molecular formula is C35H48O6. The highest BCUT2D eigenvalue weighted by Crippen LogP contribution is 2.43. The Kier molecular flexibility index (Phi) is 14.3. The van der Waals surface area contributed by atoms with Crippen LogP contribution in [0, 0.1) is 6.92 Å². The van der Waals surface area contributed by atoms with Crippen LogP contribution in [-0.4, -0.2) is 25.5 Å². The Hall–Kier alpha value is -3.28. The molecule has 0 bridgehead atoms. The molecule has 0 heterocycles. The number of benzene rings is 3. The van der Waals surface area contributed by atoms with E-state index in [0.717, 1.165) is 44.1 Å². The first-order valence-electron chi connectivity index (χ1n) is 15.7. The Labute approximate surface area is 245 Å². The molecule has 0 radical (unpaired) electrons. The van der Waals surface area contributed by atoms with Crippen LogP contribution in [0.2, 0.25) is 0 Å². The van der Waals surface area contributed by atoms with E-state index in [0.29, 0.717) is 46.3 Å². The number of carbonyl (C=O) groups is 2. The summed E-state index contributed by atoms with van der Waals surface area (Å²) in [6.07, 6.45) is 14.5. The average molecular weight is 565 g/mol. The molecule has 6 nitrogen and oxygen atoms in total. The lowest BCUT2D eigenvalue weighted by molar-refractivity contribution is 0.0965. The highest BCUT2D eigenvalue weighted by atomic mass is 16.7. The van der Waals surface area contributed by atoms with Crippen LogP contribution in [-0.2, 0) is 9.47 Å². The lowest BCUT2D eigenvalue weighted by Crippen LogP contribution is -2.14. The van der Waals surface area contributed by atoms with Gasteiger partial charge in [-0.1, -0.05) is 133 Å². The van der Waals surface area contributed by atoms with Gasteiger partial charge in [0.2, 0.25) is 0 Å². The van der Waals surface area contributed by atoms with E-state index >= 15 is 0 Å². The molecule has 3 rings (SSSR count). The van der Waals surface area contributed by atoms with Crippen molar-refractivity contribution in [1.29, 1.82) is 0 Å². The lowest BCUT2D eigenvalue weighted by Gasteiger charge is -2.16. The minimum absolute atomic E-state index is 0.327. The number of fused-ring (bicyclic) bond motifs is 2. The molecule has 0 aliphatic heterocycles. The van der Waals surface area contributed by atoms with Crippen LogP contribution in [0.3, 0.4) is 0 Å². The van der Waals surface area contributed by atoms with Gasteiger partial charge in [-0.2, -0.15) is 0 Å². The SMILES string of the molecule is CCCCCCCCCOC(=O)Oc1c2ccccc2c(OC(=O)OCCCCCCCCC)c2cc(C)ccc12. The number of hydrogen-bond donors (Lipinski definition) is 0. The normalized spacial score (nSPS) is 11.1. The van der Waals surface area contributed by atoms with Crippen molar-refractivity contribution in [2.75, 3.05) is 13.2 Å². The molecule has 0 atom stereocenters. The molecule has 224 valence electrons. The van der Waals surface area contributed by atoms with Crippen molar-refractivity contribution in [2.45, 2.75) is 111 Å². The van der Waals surface area contributed by atoms with Crippen molar-refractivity contribution in [3.05, 3.63) is 48.0 Å². The molecular weight excluding hydrogens is 516 g/mol. The zero-order valence-electron chi connectivity index (χ0n) is 25.3. The molecule has 0 aliphatic rings. The van der Waals surface area contributed by atoms with Crippen molar-refractivity contribution in [1.82, 2.24) is 0 Å². The van der Waals surface area contributed by atoms with Crippen LogP contribution < -0.4 is 9.47 Å². The van der Waals surface area contributed by atoms with Crippen LogP contribution in [0.4, 0.5) is 9.59 Å². The van der Waals surface area contributed by atoms with Crippen LogP contribution in [0.15, 0.2) is 42.5 Å². The molecule has 0 N–H and O–H groups in total. The van der Waals surface area contributed by atoms with Gasteiger partial charge in [-0.3, -0.25) is 0 Å². The maximum absolute atomic E-state index is 12.7. The predicted octanol–water partition coefficient (Wildman–Crippen LogP) is 10.8. The molecule has 0 fully saturated rings. The fourth-order valence-electron chi connectivity index (χ4n) is 5.09. The Balaban J connectivity index is 1.67. The number of carbonyl (C=O) groups excluding carboxylic acids is 2. The molecule has 0 amide bonds. The minimum atomic E-state index is -0.731.